The van der Waals surface area contributed by atoms with Crippen LogP contribution >= 0.6 is 27.3 Å². The molecule has 0 amide bonds. The zero-order valence-corrected chi connectivity index (χ0v) is 13.1. The van der Waals surface area contributed by atoms with Gasteiger partial charge >= 0.3 is 0 Å². The maximum atomic E-state index is 11.0. The second-order valence-corrected chi connectivity index (χ2v) is 6.11. The topological polar surface area (TPSA) is 34.9 Å². The molecule has 0 aliphatic rings. The van der Waals surface area contributed by atoms with Gasteiger partial charge in [-0.1, -0.05) is 27.6 Å². The highest BCUT2D eigenvalue weighted by molar-refractivity contribution is 9.10. The van der Waals surface area contributed by atoms with Crippen LogP contribution in [0.25, 0.3) is 16.4 Å². The molecule has 5 heteroatoms. The smallest absolute Gasteiger partial charge is 0.194 e. The maximum Gasteiger partial charge on any atom is 0.194 e. The minimum absolute atomic E-state index is 0.606. The van der Waals surface area contributed by atoms with Crippen LogP contribution < -0.4 is 0 Å². The third-order valence-corrected chi connectivity index (χ3v) is 4.53. The average Bonchev–Trinajstić information content (AvgIpc) is 3.08. The Labute approximate surface area is 129 Å². The van der Waals surface area contributed by atoms with Gasteiger partial charge in [0.05, 0.1) is 11.4 Å². The van der Waals surface area contributed by atoms with Crippen molar-refractivity contribution in [2.24, 2.45) is 0 Å². The van der Waals surface area contributed by atoms with Crippen molar-refractivity contribution in [2.45, 2.75) is 6.92 Å². The lowest BCUT2D eigenvalue weighted by molar-refractivity contribution is 0.111. The molecule has 0 fully saturated rings. The van der Waals surface area contributed by atoms with Crippen LogP contribution in [0.4, 0.5) is 0 Å². The molecular weight excluding hydrogens is 336 g/mol. The van der Waals surface area contributed by atoms with Crippen LogP contribution in [-0.4, -0.2) is 15.8 Å². The number of thiazole rings is 1. The Morgan fingerprint density at radius 1 is 1.35 bits per heavy atom. The van der Waals surface area contributed by atoms with Gasteiger partial charge < -0.3 is 0 Å². The minimum Gasteiger partial charge on any atom is -0.296 e. The van der Waals surface area contributed by atoms with Crippen LogP contribution in [0, 0.1) is 6.92 Å². The summed E-state index contributed by atoms with van der Waals surface area (Å²) >= 11 is 5.07. The molecule has 2 aromatic heterocycles. The Bertz CT molecular complexity index is 776. The Morgan fingerprint density at radius 3 is 3.00 bits per heavy atom. The number of aryl methyl sites for hydroxylation is 1. The second kappa shape index (κ2) is 5.34. The molecule has 0 radical (unpaired) electrons. The van der Waals surface area contributed by atoms with E-state index in [-0.39, 0.29) is 0 Å². The zero-order chi connectivity index (χ0) is 14.1. The van der Waals surface area contributed by atoms with Gasteiger partial charge in [-0.25, -0.2) is 4.98 Å². The molecule has 3 nitrogen and oxygen atoms in total. The van der Waals surface area contributed by atoms with Gasteiger partial charge in [0, 0.05) is 21.6 Å². The average molecular weight is 347 g/mol. The maximum absolute atomic E-state index is 11.0. The predicted octanol–water partition coefficient (Wildman–Crippen LogP) is 4.48. The van der Waals surface area contributed by atoms with Gasteiger partial charge in [0.25, 0.3) is 0 Å². The lowest BCUT2D eigenvalue weighted by Gasteiger charge is -2.03. The van der Waals surface area contributed by atoms with Gasteiger partial charge in [-0.2, -0.15) is 0 Å². The van der Waals surface area contributed by atoms with E-state index in [0.29, 0.717) is 5.69 Å². The monoisotopic (exact) mass is 346 g/mol. The Balaban J connectivity index is 2.06. The van der Waals surface area contributed by atoms with Crippen molar-refractivity contribution < 1.29 is 4.79 Å². The molecule has 0 aliphatic heterocycles. The normalized spacial score (nSPS) is 10.7. The van der Waals surface area contributed by atoms with Crippen LogP contribution in [0.15, 0.2) is 46.4 Å². The van der Waals surface area contributed by atoms with Crippen LogP contribution in [0.3, 0.4) is 0 Å². The Hall–Kier alpha value is -1.72. The van der Waals surface area contributed by atoms with Crippen molar-refractivity contribution in [2.75, 3.05) is 0 Å². The summed E-state index contributed by atoms with van der Waals surface area (Å²) < 4.78 is 2.81. The summed E-state index contributed by atoms with van der Waals surface area (Å²) in [5.41, 5.74) is 3.76. The van der Waals surface area contributed by atoms with E-state index in [1.807, 2.05) is 23.7 Å². The van der Waals surface area contributed by atoms with E-state index < -0.39 is 0 Å². The molecule has 20 heavy (non-hydrogen) atoms. The third-order valence-electron chi connectivity index (χ3n) is 3.00. The highest BCUT2D eigenvalue weighted by Crippen LogP contribution is 2.31. The largest absolute Gasteiger partial charge is 0.296 e. The molecule has 0 unspecified atom stereocenters. The minimum atomic E-state index is 0.606. The van der Waals surface area contributed by atoms with E-state index in [2.05, 4.69) is 40.0 Å². The van der Waals surface area contributed by atoms with Crippen molar-refractivity contribution in [3.63, 3.8) is 0 Å². The number of carbonyl (C=O) groups excluding carboxylic acids is 1. The van der Waals surface area contributed by atoms with Crippen LogP contribution in [-0.2, 0) is 0 Å². The summed E-state index contributed by atoms with van der Waals surface area (Å²) in [7, 11) is 0. The molecule has 100 valence electrons. The number of benzene rings is 1. The fourth-order valence-electron chi connectivity index (χ4n) is 2.00. The number of hydrogen-bond donors (Lipinski definition) is 0. The van der Waals surface area contributed by atoms with Crippen LogP contribution in [0.2, 0.25) is 0 Å². The van der Waals surface area contributed by atoms with Crippen molar-refractivity contribution >= 4 is 33.6 Å². The van der Waals surface area contributed by atoms with Gasteiger partial charge in [-0.05, 0) is 31.2 Å². The summed E-state index contributed by atoms with van der Waals surface area (Å²) in [6, 6.07) is 9.79. The van der Waals surface area contributed by atoms with E-state index in [1.165, 1.54) is 16.9 Å². The Morgan fingerprint density at radius 2 is 2.20 bits per heavy atom. The van der Waals surface area contributed by atoms with E-state index in [0.717, 1.165) is 27.1 Å². The number of aldehydes is 1. The zero-order valence-electron chi connectivity index (χ0n) is 10.7. The highest BCUT2D eigenvalue weighted by atomic mass is 79.9. The SMILES string of the molecule is Cc1ccc(Br)c(-c2csc(-n3cccc3C=O)n2)c1. The highest BCUT2D eigenvalue weighted by Gasteiger charge is 2.11. The molecule has 1 aromatic carbocycles. The number of aromatic nitrogens is 2. The second-order valence-electron chi connectivity index (χ2n) is 4.42. The number of rotatable bonds is 3. The molecular formula is C15H11BrN2OS. The first-order valence-corrected chi connectivity index (χ1v) is 7.71. The molecule has 0 atom stereocenters. The molecule has 3 rings (SSSR count). The fraction of sp³-hybridized carbons (Fsp3) is 0.0667. The van der Waals surface area contributed by atoms with Crippen LogP contribution in [0.1, 0.15) is 16.1 Å². The van der Waals surface area contributed by atoms with Gasteiger partial charge in [0.15, 0.2) is 11.4 Å². The standard InChI is InChI=1S/C15H11BrN2OS/c1-10-4-5-13(16)12(7-10)14-9-20-15(17-14)18-6-2-3-11(18)8-19/h2-9H,1H3. The predicted molar refractivity (Wildman–Crippen MR) is 84.7 cm³/mol. The fourth-order valence-corrected chi connectivity index (χ4v) is 3.28. The summed E-state index contributed by atoms with van der Waals surface area (Å²) in [5, 5.41) is 2.80. The van der Waals surface area contributed by atoms with Gasteiger partial charge in [-0.3, -0.25) is 9.36 Å². The number of nitrogens with zero attached hydrogens (tertiary/aromatic N) is 2. The van der Waals surface area contributed by atoms with Gasteiger partial charge in [0.1, 0.15) is 0 Å². The third kappa shape index (κ3) is 2.34. The first-order valence-electron chi connectivity index (χ1n) is 6.04. The molecule has 2 heterocycles. The number of halogens is 1. The number of hydrogen-bond acceptors (Lipinski definition) is 3. The molecule has 0 bridgehead atoms. The Kier molecular flexibility index (Phi) is 3.54. The first kappa shape index (κ1) is 13.3. The molecule has 0 N–H and O–H groups in total. The summed E-state index contributed by atoms with van der Waals surface area (Å²) in [5.74, 6) is 0. The summed E-state index contributed by atoms with van der Waals surface area (Å²) in [4.78, 5) is 15.6. The summed E-state index contributed by atoms with van der Waals surface area (Å²) in [6.07, 6.45) is 2.68. The lowest BCUT2D eigenvalue weighted by atomic mass is 10.1. The van der Waals surface area contributed by atoms with Crippen molar-refractivity contribution in [3.05, 3.63) is 57.6 Å². The molecule has 3 aromatic rings. The molecule has 0 saturated heterocycles. The molecule has 0 aliphatic carbocycles. The lowest BCUT2D eigenvalue weighted by Crippen LogP contribution is -1.96. The van der Waals surface area contributed by atoms with Gasteiger partial charge in [-0.15, -0.1) is 11.3 Å². The van der Waals surface area contributed by atoms with Crippen molar-refractivity contribution in [1.82, 2.24) is 9.55 Å². The van der Waals surface area contributed by atoms with E-state index in [9.17, 15) is 4.79 Å². The number of carbonyl (C=O) groups is 1. The van der Waals surface area contributed by atoms with E-state index in [1.54, 1.807) is 10.6 Å². The summed E-state index contributed by atoms with van der Waals surface area (Å²) in [6.45, 7) is 2.06. The quantitative estimate of drug-likeness (QED) is 0.655. The van der Waals surface area contributed by atoms with E-state index in [4.69, 9.17) is 0 Å². The molecule has 0 spiro atoms. The van der Waals surface area contributed by atoms with E-state index >= 15 is 0 Å². The van der Waals surface area contributed by atoms with Gasteiger partial charge in [0.2, 0.25) is 0 Å². The van der Waals surface area contributed by atoms with Crippen LogP contribution in [0.5, 0.6) is 0 Å². The molecule has 0 saturated carbocycles. The van der Waals surface area contributed by atoms with Crippen molar-refractivity contribution in [1.29, 1.82) is 0 Å². The van der Waals surface area contributed by atoms with Crippen molar-refractivity contribution in [3.8, 4) is 16.4 Å². The first-order chi connectivity index (χ1) is 9.69.